The number of alkyl halides is 1. The highest BCUT2D eigenvalue weighted by Crippen LogP contribution is 2.19. The van der Waals surface area contributed by atoms with E-state index in [0.29, 0.717) is 23.4 Å². The summed E-state index contributed by atoms with van der Waals surface area (Å²) in [5.74, 6) is 1.04. The Morgan fingerprint density at radius 3 is 2.93 bits per heavy atom. The molecule has 0 aliphatic heterocycles. The fraction of sp³-hybridized carbons (Fsp3) is 0.700. The molecule has 15 heavy (non-hydrogen) atoms. The maximum Gasteiger partial charge on any atom is 0.0817 e. The van der Waals surface area contributed by atoms with Gasteiger partial charge < -0.3 is 4.74 Å². The number of nitrogens with zero attached hydrogens (tertiary/aromatic N) is 2. The van der Waals surface area contributed by atoms with Crippen molar-refractivity contribution < 1.29 is 4.74 Å². The number of ether oxygens (including phenoxy) is 1. The number of methoxy groups -OCH3 is 1. The van der Waals surface area contributed by atoms with Gasteiger partial charge in [-0.1, -0.05) is 18.5 Å². The van der Waals surface area contributed by atoms with Crippen molar-refractivity contribution in [2.45, 2.75) is 19.9 Å². The SMILES string of the molecule is COCCn1ncc(Cl)c1CC(C)CCl. The van der Waals surface area contributed by atoms with Crippen LogP contribution in [-0.2, 0) is 17.7 Å². The molecule has 0 radical (unpaired) electrons. The molecule has 0 aliphatic rings. The summed E-state index contributed by atoms with van der Waals surface area (Å²) in [5, 5.41) is 4.91. The molecule has 0 aromatic carbocycles. The largest absolute Gasteiger partial charge is 0.383 e. The van der Waals surface area contributed by atoms with Gasteiger partial charge in [-0.15, -0.1) is 11.6 Å². The number of halogens is 2. The van der Waals surface area contributed by atoms with Crippen LogP contribution in [-0.4, -0.2) is 29.4 Å². The molecule has 1 atom stereocenters. The van der Waals surface area contributed by atoms with E-state index in [2.05, 4.69) is 12.0 Å². The van der Waals surface area contributed by atoms with Crippen LogP contribution in [0.4, 0.5) is 0 Å². The van der Waals surface area contributed by atoms with Gasteiger partial charge in [0.05, 0.1) is 30.1 Å². The van der Waals surface area contributed by atoms with Gasteiger partial charge in [-0.05, 0) is 12.3 Å². The third-order valence-electron chi connectivity index (χ3n) is 2.21. The van der Waals surface area contributed by atoms with Crippen LogP contribution in [0, 0.1) is 5.92 Å². The molecule has 0 spiro atoms. The van der Waals surface area contributed by atoms with Crippen LogP contribution in [0.15, 0.2) is 6.20 Å². The molecule has 0 saturated carbocycles. The third kappa shape index (κ3) is 3.67. The zero-order chi connectivity index (χ0) is 11.3. The Hall–Kier alpha value is -0.250. The fourth-order valence-corrected chi connectivity index (χ4v) is 1.67. The van der Waals surface area contributed by atoms with E-state index >= 15 is 0 Å². The van der Waals surface area contributed by atoms with Crippen LogP contribution in [0.5, 0.6) is 0 Å². The fourth-order valence-electron chi connectivity index (χ4n) is 1.35. The summed E-state index contributed by atoms with van der Waals surface area (Å²) in [4.78, 5) is 0. The predicted molar refractivity (Wildman–Crippen MR) is 62.7 cm³/mol. The van der Waals surface area contributed by atoms with Crippen molar-refractivity contribution in [3.8, 4) is 0 Å². The van der Waals surface area contributed by atoms with E-state index in [1.54, 1.807) is 13.3 Å². The Balaban J connectivity index is 2.70. The molecule has 86 valence electrons. The van der Waals surface area contributed by atoms with E-state index in [9.17, 15) is 0 Å². The summed E-state index contributed by atoms with van der Waals surface area (Å²) >= 11 is 11.8. The highest BCUT2D eigenvalue weighted by molar-refractivity contribution is 6.31. The van der Waals surface area contributed by atoms with Gasteiger partial charge >= 0.3 is 0 Å². The van der Waals surface area contributed by atoms with E-state index in [1.165, 1.54) is 0 Å². The number of hydrogen-bond donors (Lipinski definition) is 0. The van der Waals surface area contributed by atoms with Gasteiger partial charge in [0.25, 0.3) is 0 Å². The van der Waals surface area contributed by atoms with Crippen molar-refractivity contribution in [3.05, 3.63) is 16.9 Å². The van der Waals surface area contributed by atoms with Crippen molar-refractivity contribution in [2.24, 2.45) is 5.92 Å². The first kappa shape index (κ1) is 12.8. The normalized spacial score (nSPS) is 13.1. The molecule has 5 heteroatoms. The van der Waals surface area contributed by atoms with Crippen LogP contribution in [0.3, 0.4) is 0 Å². The van der Waals surface area contributed by atoms with Crippen LogP contribution in [0.2, 0.25) is 5.02 Å². The van der Waals surface area contributed by atoms with Crippen LogP contribution in [0.1, 0.15) is 12.6 Å². The Bertz CT molecular complexity index is 302. The molecule has 0 saturated heterocycles. The number of aromatic nitrogens is 2. The zero-order valence-corrected chi connectivity index (χ0v) is 10.6. The lowest BCUT2D eigenvalue weighted by molar-refractivity contribution is 0.182. The molecule has 0 amide bonds. The van der Waals surface area contributed by atoms with Gasteiger partial charge in [-0.3, -0.25) is 4.68 Å². The average Bonchev–Trinajstić information content (AvgIpc) is 2.57. The molecule has 1 heterocycles. The summed E-state index contributed by atoms with van der Waals surface area (Å²) in [6.45, 7) is 3.46. The summed E-state index contributed by atoms with van der Waals surface area (Å²) in [7, 11) is 1.67. The van der Waals surface area contributed by atoms with E-state index in [0.717, 1.165) is 18.7 Å². The first-order valence-corrected chi connectivity index (χ1v) is 5.85. The number of rotatable bonds is 6. The average molecular weight is 251 g/mol. The van der Waals surface area contributed by atoms with Gasteiger partial charge in [-0.2, -0.15) is 5.10 Å². The molecule has 1 aromatic heterocycles. The van der Waals surface area contributed by atoms with E-state index in [-0.39, 0.29) is 0 Å². The minimum Gasteiger partial charge on any atom is -0.383 e. The van der Waals surface area contributed by atoms with Gasteiger partial charge in [0.1, 0.15) is 0 Å². The van der Waals surface area contributed by atoms with Crippen molar-refractivity contribution in [1.82, 2.24) is 9.78 Å². The highest BCUT2D eigenvalue weighted by Gasteiger charge is 2.12. The Kier molecular flexibility index (Phi) is 5.43. The van der Waals surface area contributed by atoms with Crippen molar-refractivity contribution in [2.75, 3.05) is 19.6 Å². The van der Waals surface area contributed by atoms with Crippen LogP contribution >= 0.6 is 23.2 Å². The van der Waals surface area contributed by atoms with Gasteiger partial charge in [0, 0.05) is 13.0 Å². The first-order chi connectivity index (χ1) is 7.19. The molecule has 0 N–H and O–H groups in total. The number of hydrogen-bond acceptors (Lipinski definition) is 2. The van der Waals surface area contributed by atoms with Crippen LogP contribution < -0.4 is 0 Å². The minimum absolute atomic E-state index is 0.405. The maximum atomic E-state index is 6.06. The summed E-state index contributed by atoms with van der Waals surface area (Å²) in [6, 6.07) is 0. The second kappa shape index (κ2) is 6.36. The monoisotopic (exact) mass is 250 g/mol. The lowest BCUT2D eigenvalue weighted by Crippen LogP contribution is -2.12. The summed E-state index contributed by atoms with van der Waals surface area (Å²) < 4.78 is 6.90. The predicted octanol–water partition coefficient (Wildman–Crippen LogP) is 2.60. The van der Waals surface area contributed by atoms with E-state index < -0.39 is 0 Å². The zero-order valence-electron chi connectivity index (χ0n) is 9.04. The molecular weight excluding hydrogens is 235 g/mol. The molecule has 1 unspecified atom stereocenters. The Labute approximate surface area is 100 Å². The molecule has 1 rings (SSSR count). The molecule has 0 bridgehead atoms. The lowest BCUT2D eigenvalue weighted by atomic mass is 10.1. The molecular formula is C10H16Cl2N2O. The second-order valence-electron chi connectivity index (χ2n) is 3.62. The molecule has 1 aromatic rings. The van der Waals surface area contributed by atoms with Crippen LogP contribution in [0.25, 0.3) is 0 Å². The summed E-state index contributed by atoms with van der Waals surface area (Å²) in [5.41, 5.74) is 1.04. The van der Waals surface area contributed by atoms with E-state index in [1.807, 2.05) is 4.68 Å². The van der Waals surface area contributed by atoms with Crippen molar-refractivity contribution in [1.29, 1.82) is 0 Å². The van der Waals surface area contributed by atoms with Gasteiger partial charge in [0.15, 0.2) is 0 Å². The van der Waals surface area contributed by atoms with Crippen molar-refractivity contribution >= 4 is 23.2 Å². The third-order valence-corrected chi connectivity index (χ3v) is 3.05. The topological polar surface area (TPSA) is 27.1 Å². The standard InChI is InChI=1S/C10H16Cl2N2O/c1-8(6-11)5-10-9(12)7-13-14(10)3-4-15-2/h7-8H,3-6H2,1-2H3. The Morgan fingerprint density at radius 2 is 2.33 bits per heavy atom. The minimum atomic E-state index is 0.405. The second-order valence-corrected chi connectivity index (χ2v) is 4.33. The molecule has 3 nitrogen and oxygen atoms in total. The van der Waals surface area contributed by atoms with Gasteiger partial charge in [0.2, 0.25) is 0 Å². The lowest BCUT2D eigenvalue weighted by Gasteiger charge is -2.10. The molecule has 0 fully saturated rings. The van der Waals surface area contributed by atoms with Gasteiger partial charge in [-0.25, -0.2) is 0 Å². The smallest absolute Gasteiger partial charge is 0.0817 e. The first-order valence-electron chi connectivity index (χ1n) is 4.94. The van der Waals surface area contributed by atoms with E-state index in [4.69, 9.17) is 27.9 Å². The maximum absolute atomic E-state index is 6.06. The van der Waals surface area contributed by atoms with Crippen molar-refractivity contribution in [3.63, 3.8) is 0 Å². The quantitative estimate of drug-likeness (QED) is 0.726. The highest BCUT2D eigenvalue weighted by atomic mass is 35.5. The Morgan fingerprint density at radius 1 is 1.60 bits per heavy atom. The molecule has 0 aliphatic carbocycles. The summed E-state index contributed by atoms with van der Waals surface area (Å²) in [6.07, 6.45) is 2.53.